The van der Waals surface area contributed by atoms with Gasteiger partial charge in [-0.1, -0.05) is 6.92 Å². The van der Waals surface area contributed by atoms with Gasteiger partial charge in [0.05, 0.1) is 12.0 Å². The van der Waals surface area contributed by atoms with Gasteiger partial charge in [0.15, 0.2) is 0 Å². The molecule has 5 unspecified atom stereocenters. The van der Waals surface area contributed by atoms with Gasteiger partial charge in [0.2, 0.25) is 11.8 Å². The summed E-state index contributed by atoms with van der Waals surface area (Å²) in [7, 11) is 0. The lowest BCUT2D eigenvalue weighted by molar-refractivity contribution is -0.143. The fourth-order valence-corrected chi connectivity index (χ4v) is 4.24. The van der Waals surface area contributed by atoms with Crippen molar-refractivity contribution in [3.05, 3.63) is 0 Å². The molecule has 3 N–H and O–H groups in total. The zero-order valence-electron chi connectivity index (χ0n) is 12.2. The summed E-state index contributed by atoms with van der Waals surface area (Å²) in [5, 5.41) is 2.91. The van der Waals surface area contributed by atoms with E-state index in [1.54, 1.807) is 0 Å². The minimum Gasteiger partial charge on any atom is -0.354 e. The number of fused-ring (bicyclic) bond motifs is 1. The highest BCUT2D eigenvalue weighted by Crippen LogP contribution is 2.34. The van der Waals surface area contributed by atoms with Crippen molar-refractivity contribution in [3.63, 3.8) is 0 Å². The number of hydrogen-bond acceptors (Lipinski definition) is 3. The molecule has 2 amide bonds. The molecule has 0 aromatic heterocycles. The van der Waals surface area contributed by atoms with Crippen LogP contribution in [0.5, 0.6) is 0 Å². The first-order valence-electron chi connectivity index (χ1n) is 7.91. The van der Waals surface area contributed by atoms with Crippen LogP contribution in [0, 0.1) is 17.8 Å². The number of nitrogens with two attached hydrogens (primary N) is 1. The summed E-state index contributed by atoms with van der Waals surface area (Å²) in [5.41, 5.74) is 5.99. The number of piperidine rings is 1. The Kier molecular flexibility index (Phi) is 3.71. The lowest BCUT2D eigenvalue weighted by Crippen LogP contribution is -2.52. The largest absolute Gasteiger partial charge is 0.354 e. The number of nitrogens with zero attached hydrogens (tertiary/aromatic N) is 1. The third-order valence-corrected chi connectivity index (χ3v) is 5.41. The minimum atomic E-state index is 0.0221. The highest BCUT2D eigenvalue weighted by molar-refractivity contribution is 5.85. The summed E-state index contributed by atoms with van der Waals surface area (Å²) >= 11 is 0. The van der Waals surface area contributed by atoms with Crippen molar-refractivity contribution in [1.29, 1.82) is 0 Å². The van der Waals surface area contributed by atoms with Gasteiger partial charge < -0.3 is 16.0 Å². The molecule has 5 atom stereocenters. The van der Waals surface area contributed by atoms with Crippen LogP contribution in [0.15, 0.2) is 0 Å². The highest BCUT2D eigenvalue weighted by atomic mass is 16.2. The summed E-state index contributed by atoms with van der Waals surface area (Å²) in [6.07, 6.45) is 4.65. The first-order valence-corrected chi connectivity index (χ1v) is 7.91. The van der Waals surface area contributed by atoms with Crippen LogP contribution in [0.4, 0.5) is 0 Å². The van der Waals surface area contributed by atoms with Gasteiger partial charge in [-0.2, -0.15) is 0 Å². The number of nitrogens with one attached hydrogen (secondary N) is 1. The van der Waals surface area contributed by atoms with Crippen molar-refractivity contribution < 1.29 is 9.59 Å². The second-order valence-electron chi connectivity index (χ2n) is 6.75. The average Bonchev–Trinajstić information content (AvgIpc) is 2.80. The molecule has 1 saturated carbocycles. The monoisotopic (exact) mass is 279 g/mol. The quantitative estimate of drug-likeness (QED) is 0.733. The molecule has 2 heterocycles. The predicted molar refractivity (Wildman–Crippen MR) is 75.7 cm³/mol. The molecule has 2 saturated heterocycles. The molecule has 3 aliphatic rings. The number of likely N-dealkylation sites (tertiary alicyclic amines) is 1. The number of hydrogen-bond donors (Lipinski definition) is 2. The SMILES string of the molecule is CC1CC(N)CCC1C(=O)N1CCCC2C(=O)NCC21. The Labute approximate surface area is 120 Å². The molecule has 0 aromatic carbocycles. The number of carbonyl (C=O) groups is 2. The van der Waals surface area contributed by atoms with E-state index in [9.17, 15) is 9.59 Å². The van der Waals surface area contributed by atoms with E-state index in [2.05, 4.69) is 12.2 Å². The number of rotatable bonds is 1. The van der Waals surface area contributed by atoms with Crippen LogP contribution in [0.2, 0.25) is 0 Å². The Balaban J connectivity index is 1.71. The third kappa shape index (κ3) is 2.32. The van der Waals surface area contributed by atoms with Crippen molar-refractivity contribution in [2.24, 2.45) is 23.5 Å². The van der Waals surface area contributed by atoms with Crippen molar-refractivity contribution in [1.82, 2.24) is 10.2 Å². The van der Waals surface area contributed by atoms with Crippen LogP contribution >= 0.6 is 0 Å². The van der Waals surface area contributed by atoms with Gasteiger partial charge in [0, 0.05) is 25.0 Å². The van der Waals surface area contributed by atoms with E-state index in [1.165, 1.54) is 0 Å². The Hall–Kier alpha value is -1.10. The predicted octanol–water partition coefficient (Wildman–Crippen LogP) is 0.487. The Bertz CT molecular complexity index is 412. The second kappa shape index (κ2) is 5.35. The maximum atomic E-state index is 12.9. The van der Waals surface area contributed by atoms with Crippen LogP contribution in [0.25, 0.3) is 0 Å². The van der Waals surface area contributed by atoms with Gasteiger partial charge in [-0.05, 0) is 38.0 Å². The highest BCUT2D eigenvalue weighted by Gasteiger charge is 2.45. The van der Waals surface area contributed by atoms with Crippen molar-refractivity contribution >= 4 is 11.8 Å². The smallest absolute Gasteiger partial charge is 0.226 e. The Morgan fingerprint density at radius 1 is 1.35 bits per heavy atom. The van der Waals surface area contributed by atoms with Gasteiger partial charge in [-0.3, -0.25) is 9.59 Å². The molecule has 3 rings (SSSR count). The van der Waals surface area contributed by atoms with Crippen LogP contribution in [-0.2, 0) is 9.59 Å². The molecule has 20 heavy (non-hydrogen) atoms. The Morgan fingerprint density at radius 2 is 2.15 bits per heavy atom. The standard InChI is InChI=1S/C15H25N3O2/c1-9-7-10(16)4-5-11(9)15(20)18-6-2-3-12-13(18)8-17-14(12)19/h9-13H,2-8,16H2,1H3,(H,17,19). The molecule has 2 aliphatic heterocycles. The lowest BCUT2D eigenvalue weighted by atomic mass is 9.76. The fourth-order valence-electron chi connectivity index (χ4n) is 4.24. The van der Waals surface area contributed by atoms with Crippen LogP contribution in [-0.4, -0.2) is 41.9 Å². The van der Waals surface area contributed by atoms with E-state index < -0.39 is 0 Å². The topological polar surface area (TPSA) is 75.4 Å². The average molecular weight is 279 g/mol. The molecule has 0 spiro atoms. The van der Waals surface area contributed by atoms with E-state index >= 15 is 0 Å². The van der Waals surface area contributed by atoms with Crippen LogP contribution < -0.4 is 11.1 Å². The summed E-state index contributed by atoms with van der Waals surface area (Å²) in [4.78, 5) is 26.7. The van der Waals surface area contributed by atoms with E-state index in [0.29, 0.717) is 12.5 Å². The van der Waals surface area contributed by atoms with Gasteiger partial charge >= 0.3 is 0 Å². The summed E-state index contributed by atoms with van der Waals surface area (Å²) in [6.45, 7) is 3.58. The second-order valence-corrected chi connectivity index (χ2v) is 6.75. The van der Waals surface area contributed by atoms with E-state index in [0.717, 1.165) is 38.6 Å². The molecule has 3 fully saturated rings. The van der Waals surface area contributed by atoms with Gasteiger partial charge in [0.25, 0.3) is 0 Å². The molecule has 0 radical (unpaired) electrons. The maximum absolute atomic E-state index is 12.9. The lowest BCUT2D eigenvalue weighted by Gasteiger charge is -2.41. The summed E-state index contributed by atoms with van der Waals surface area (Å²) in [5.74, 6) is 0.872. The molecule has 0 aromatic rings. The Morgan fingerprint density at radius 3 is 2.90 bits per heavy atom. The third-order valence-electron chi connectivity index (χ3n) is 5.41. The molecule has 1 aliphatic carbocycles. The van der Waals surface area contributed by atoms with Gasteiger partial charge in [-0.25, -0.2) is 0 Å². The van der Waals surface area contributed by atoms with Crippen LogP contribution in [0.3, 0.4) is 0 Å². The summed E-state index contributed by atoms with van der Waals surface area (Å²) < 4.78 is 0. The normalized spacial score (nSPS) is 41.2. The van der Waals surface area contributed by atoms with Crippen molar-refractivity contribution in [3.8, 4) is 0 Å². The number of amides is 2. The summed E-state index contributed by atoms with van der Waals surface area (Å²) in [6, 6.07) is 0.337. The number of carbonyl (C=O) groups excluding carboxylic acids is 2. The van der Waals surface area contributed by atoms with E-state index in [1.807, 2.05) is 4.90 Å². The molecular formula is C15H25N3O2. The molecule has 5 heteroatoms. The minimum absolute atomic E-state index is 0.0221. The van der Waals surface area contributed by atoms with Crippen molar-refractivity contribution in [2.75, 3.05) is 13.1 Å². The van der Waals surface area contributed by atoms with E-state index in [-0.39, 0.29) is 35.7 Å². The first kappa shape index (κ1) is 13.9. The molecule has 5 nitrogen and oxygen atoms in total. The van der Waals surface area contributed by atoms with Crippen molar-refractivity contribution in [2.45, 2.75) is 51.1 Å². The molecule has 0 bridgehead atoms. The first-order chi connectivity index (χ1) is 9.58. The fraction of sp³-hybridized carbons (Fsp3) is 0.867. The van der Waals surface area contributed by atoms with Gasteiger partial charge in [0.1, 0.15) is 0 Å². The zero-order valence-corrected chi connectivity index (χ0v) is 12.2. The van der Waals surface area contributed by atoms with Crippen LogP contribution in [0.1, 0.15) is 39.0 Å². The zero-order chi connectivity index (χ0) is 14.3. The molecular weight excluding hydrogens is 254 g/mol. The van der Waals surface area contributed by atoms with Gasteiger partial charge in [-0.15, -0.1) is 0 Å². The van der Waals surface area contributed by atoms with E-state index in [4.69, 9.17) is 5.73 Å². The maximum Gasteiger partial charge on any atom is 0.226 e. The molecule has 112 valence electrons.